The molecule has 272 valence electrons. The maximum Gasteiger partial charge on any atom is 0.258 e. The predicted octanol–water partition coefficient (Wildman–Crippen LogP) is 11.4. The fourth-order valence-corrected chi connectivity index (χ4v) is 7.04. The Morgan fingerprint density at radius 3 is 1.38 bits per heavy atom. The molecule has 2 amide bonds. The summed E-state index contributed by atoms with van der Waals surface area (Å²) in [6, 6.07) is 21.1. The third-order valence-electron chi connectivity index (χ3n) is 9.84. The first-order valence-electron chi connectivity index (χ1n) is 18.4. The zero-order valence-corrected chi connectivity index (χ0v) is 33.2. The summed E-state index contributed by atoms with van der Waals surface area (Å²) in [5.41, 5.74) is 4.43. The molecule has 0 fully saturated rings. The Bertz CT molecular complexity index is 2280. The summed E-state index contributed by atoms with van der Waals surface area (Å²) in [6.07, 6.45) is 1.60. The number of anilines is 1. The van der Waals surface area contributed by atoms with Crippen LogP contribution in [0.3, 0.4) is 0 Å². The van der Waals surface area contributed by atoms with Gasteiger partial charge < -0.3 is 9.80 Å². The van der Waals surface area contributed by atoms with E-state index in [9.17, 15) is 19.2 Å². The molecule has 52 heavy (non-hydrogen) atoms. The molecule has 0 saturated heterocycles. The first kappa shape index (κ1) is 39.7. The van der Waals surface area contributed by atoms with Crippen LogP contribution in [0.1, 0.15) is 129 Å². The molecule has 6 heteroatoms. The Hall–Kier alpha value is -5.10. The third kappa shape index (κ3) is 6.67. The van der Waals surface area contributed by atoms with Crippen LogP contribution >= 0.6 is 0 Å². The van der Waals surface area contributed by atoms with Crippen molar-refractivity contribution in [3.63, 3.8) is 0 Å². The topological polar surface area (TPSA) is 74.8 Å². The molecule has 0 spiro atoms. The molecule has 6 rings (SSSR count). The second-order valence-electron chi connectivity index (χ2n) is 14.9. The van der Waals surface area contributed by atoms with Crippen molar-refractivity contribution < 1.29 is 19.2 Å². The molecule has 0 aliphatic heterocycles. The number of benzene rings is 6. The highest BCUT2D eigenvalue weighted by Gasteiger charge is 2.29. The minimum Gasteiger partial charge on any atom is -0.342 e. The molecule has 0 heterocycles. The molecule has 0 unspecified atom stereocenters. The van der Waals surface area contributed by atoms with Crippen LogP contribution in [0, 0.1) is 0 Å². The molecule has 6 aromatic rings. The van der Waals surface area contributed by atoms with Gasteiger partial charge in [-0.3, -0.25) is 19.2 Å². The zero-order valence-electron chi connectivity index (χ0n) is 33.2. The number of carbonyl (C=O) groups excluding carboxylic acids is 4. The van der Waals surface area contributed by atoms with E-state index in [0.717, 1.165) is 61.7 Å². The predicted molar refractivity (Wildman–Crippen MR) is 220 cm³/mol. The van der Waals surface area contributed by atoms with E-state index < -0.39 is 0 Å². The van der Waals surface area contributed by atoms with Gasteiger partial charge in [0, 0.05) is 59.4 Å². The number of hydrogen-bond donors (Lipinski definition) is 0. The van der Waals surface area contributed by atoms with Crippen molar-refractivity contribution in [3.8, 4) is 0 Å². The molecular weight excluding hydrogens is 645 g/mol. The van der Waals surface area contributed by atoms with Crippen molar-refractivity contribution in [2.45, 2.75) is 87.0 Å². The van der Waals surface area contributed by atoms with Gasteiger partial charge in [-0.1, -0.05) is 118 Å². The van der Waals surface area contributed by atoms with Crippen LogP contribution in [0.25, 0.3) is 43.1 Å². The van der Waals surface area contributed by atoms with Crippen LogP contribution in [-0.2, 0) is 10.8 Å². The first-order chi connectivity index (χ1) is 24.6. The molecule has 0 N–H and O–H groups in total. The van der Waals surface area contributed by atoms with Gasteiger partial charge in [0.1, 0.15) is 0 Å². The Morgan fingerprint density at radius 1 is 0.577 bits per heavy atom. The largest absolute Gasteiger partial charge is 0.342 e. The van der Waals surface area contributed by atoms with E-state index in [0.29, 0.717) is 39.6 Å². The fourth-order valence-electron chi connectivity index (χ4n) is 7.04. The van der Waals surface area contributed by atoms with Crippen molar-refractivity contribution in [2.24, 2.45) is 0 Å². The lowest BCUT2D eigenvalue weighted by molar-refractivity contribution is 0.0804. The van der Waals surface area contributed by atoms with E-state index >= 15 is 0 Å². The zero-order chi connectivity index (χ0) is 38.9. The molecule has 0 aliphatic rings. The van der Waals surface area contributed by atoms with Gasteiger partial charge in [0.25, 0.3) is 11.8 Å². The fraction of sp³-hybridized carbons (Fsp3) is 0.348. The Labute approximate surface area is 309 Å². The van der Waals surface area contributed by atoms with Gasteiger partial charge in [0.05, 0.1) is 0 Å². The molecule has 0 bridgehead atoms. The lowest BCUT2D eigenvalue weighted by Crippen LogP contribution is -2.30. The third-order valence-corrected chi connectivity index (χ3v) is 9.84. The molecule has 0 atom stereocenters. The Morgan fingerprint density at radius 2 is 1.00 bits per heavy atom. The monoisotopic (exact) mass is 698 g/mol. The number of fused-ring (bicyclic) bond motifs is 2. The Balaban J connectivity index is 0.00000146. The average Bonchev–Trinajstić information content (AvgIpc) is 3.15. The highest BCUT2D eigenvalue weighted by molar-refractivity contribution is 6.38. The van der Waals surface area contributed by atoms with Crippen molar-refractivity contribution in [1.82, 2.24) is 4.90 Å². The van der Waals surface area contributed by atoms with Gasteiger partial charge in [0.15, 0.2) is 12.6 Å². The summed E-state index contributed by atoms with van der Waals surface area (Å²) in [4.78, 5) is 56.5. The van der Waals surface area contributed by atoms with Crippen molar-refractivity contribution >= 4 is 73.2 Å². The number of hydrogen-bond acceptors (Lipinski definition) is 4. The molecule has 6 nitrogen and oxygen atoms in total. The quantitative estimate of drug-likeness (QED) is 0.0986. The smallest absolute Gasteiger partial charge is 0.258 e. The molecule has 0 aliphatic carbocycles. The minimum atomic E-state index is -0.219. The summed E-state index contributed by atoms with van der Waals surface area (Å²) in [5, 5.41) is 6.19. The molecule has 0 radical (unpaired) electrons. The lowest BCUT2D eigenvalue weighted by Gasteiger charge is -2.31. The lowest BCUT2D eigenvalue weighted by atomic mass is 9.80. The molecule has 6 aromatic carbocycles. The normalized spacial score (nSPS) is 11.6. The average molecular weight is 699 g/mol. The summed E-state index contributed by atoms with van der Waals surface area (Å²) < 4.78 is 0. The maximum atomic E-state index is 14.7. The van der Waals surface area contributed by atoms with E-state index in [2.05, 4.69) is 59.7 Å². The van der Waals surface area contributed by atoms with E-state index in [1.165, 1.54) is 0 Å². The second kappa shape index (κ2) is 15.2. The van der Waals surface area contributed by atoms with Crippen molar-refractivity contribution in [2.75, 3.05) is 25.5 Å². The van der Waals surface area contributed by atoms with Crippen LogP contribution in [0.15, 0.2) is 66.7 Å². The van der Waals surface area contributed by atoms with Gasteiger partial charge in [-0.25, -0.2) is 0 Å². The number of carbonyl (C=O) groups is 4. The minimum absolute atomic E-state index is 0.117. The van der Waals surface area contributed by atoms with E-state index in [1.54, 1.807) is 42.1 Å². The first-order valence-corrected chi connectivity index (χ1v) is 18.4. The van der Waals surface area contributed by atoms with Gasteiger partial charge in [0.2, 0.25) is 0 Å². The van der Waals surface area contributed by atoms with Crippen molar-refractivity contribution in [1.29, 1.82) is 0 Å². The van der Waals surface area contributed by atoms with E-state index in [1.807, 2.05) is 65.0 Å². The van der Waals surface area contributed by atoms with Crippen LogP contribution < -0.4 is 4.90 Å². The summed E-state index contributed by atoms with van der Waals surface area (Å²) in [5.74, 6) is -0.375. The molecule has 0 aromatic heterocycles. The standard InChI is InChI=1S/C42H42N2O4.2C2H6/c1-10-43(8)39(47)31-18-16-29-28-15-12-25(23-46)36-32(19-17-30(38(28)36)27-14-11-24(22-45)35(31)37(27)29)40(48)44(9)34-21-26(41(2,3)4)13-20-33(34)42(5,6)7;2*1-2/h11-23H,10H2,1-9H3;2*1-2H3. The van der Waals surface area contributed by atoms with Crippen molar-refractivity contribution in [3.05, 3.63) is 100 Å². The van der Waals surface area contributed by atoms with E-state index in [4.69, 9.17) is 0 Å². The van der Waals surface area contributed by atoms with Crippen LogP contribution in [0.5, 0.6) is 0 Å². The van der Waals surface area contributed by atoms with E-state index in [-0.39, 0.29) is 22.6 Å². The van der Waals surface area contributed by atoms with Gasteiger partial charge >= 0.3 is 0 Å². The number of aldehydes is 2. The van der Waals surface area contributed by atoms with Gasteiger partial charge in [-0.2, -0.15) is 0 Å². The SMILES string of the molecule is CC.CC.CCN(C)C(=O)c1ccc2c3ccc(C=O)c4c(C(=O)N(C)c5cc(C(C)(C)C)ccc5C(C)(C)C)ccc(c5ccc(C=O)c1c25)c43. The number of rotatable bonds is 6. The van der Waals surface area contributed by atoms with Gasteiger partial charge in [-0.15, -0.1) is 0 Å². The Kier molecular flexibility index (Phi) is 11.6. The second-order valence-corrected chi connectivity index (χ2v) is 14.9. The summed E-state index contributed by atoms with van der Waals surface area (Å²) in [7, 11) is 3.55. The highest BCUT2D eigenvalue weighted by atomic mass is 16.2. The maximum absolute atomic E-state index is 14.7. The van der Waals surface area contributed by atoms with Crippen LogP contribution in [-0.4, -0.2) is 49.9 Å². The number of amides is 2. The van der Waals surface area contributed by atoms with Crippen LogP contribution in [0.2, 0.25) is 0 Å². The van der Waals surface area contributed by atoms with Gasteiger partial charge in [-0.05, 0) is 79.4 Å². The number of nitrogens with zero attached hydrogens (tertiary/aromatic N) is 2. The molecular formula is C46H54N2O4. The summed E-state index contributed by atoms with van der Waals surface area (Å²) in [6.45, 7) is 23.3. The molecule has 0 saturated carbocycles. The highest BCUT2D eigenvalue weighted by Crippen LogP contribution is 2.44. The van der Waals surface area contributed by atoms with Crippen LogP contribution in [0.4, 0.5) is 5.69 Å². The summed E-state index contributed by atoms with van der Waals surface area (Å²) >= 11 is 0.